The molecule has 22 heavy (non-hydrogen) atoms. The lowest BCUT2D eigenvalue weighted by molar-refractivity contribution is -0.116. The van der Waals surface area contributed by atoms with Gasteiger partial charge in [-0.3, -0.25) is 4.79 Å². The van der Waals surface area contributed by atoms with Crippen molar-refractivity contribution < 1.29 is 9.53 Å². The van der Waals surface area contributed by atoms with E-state index in [2.05, 4.69) is 33.2 Å². The maximum absolute atomic E-state index is 12.2. The number of anilines is 2. The van der Waals surface area contributed by atoms with Crippen LogP contribution in [0.15, 0.2) is 48.5 Å². The van der Waals surface area contributed by atoms with E-state index in [0.717, 1.165) is 20.7 Å². The first-order valence-electron chi connectivity index (χ1n) is 7.14. The minimum atomic E-state index is -0.327. The van der Waals surface area contributed by atoms with Gasteiger partial charge in [0, 0.05) is 14.9 Å². The monoisotopic (exact) mass is 410 g/mol. The highest BCUT2D eigenvalue weighted by molar-refractivity contribution is 14.1. The van der Waals surface area contributed by atoms with E-state index < -0.39 is 0 Å². The topological polar surface area (TPSA) is 50.4 Å². The number of amides is 1. The fourth-order valence-corrected chi connectivity index (χ4v) is 2.27. The number of carbonyl (C=O) groups is 1. The molecule has 2 aromatic carbocycles. The molecule has 0 aliphatic heterocycles. The molecule has 0 saturated heterocycles. The van der Waals surface area contributed by atoms with Crippen molar-refractivity contribution in [2.75, 3.05) is 17.2 Å². The van der Waals surface area contributed by atoms with E-state index >= 15 is 0 Å². The molecular formula is C17H19IN2O2. The SMILES string of the molecule is CCOc1ccc(NC(=O)[C@@H](C)Nc2ccc(I)cc2)cc1. The van der Waals surface area contributed by atoms with Gasteiger partial charge in [0.15, 0.2) is 0 Å². The summed E-state index contributed by atoms with van der Waals surface area (Å²) in [5.41, 5.74) is 1.68. The molecule has 2 N–H and O–H groups in total. The smallest absolute Gasteiger partial charge is 0.246 e. The molecule has 2 aromatic rings. The van der Waals surface area contributed by atoms with Gasteiger partial charge in [-0.1, -0.05) is 0 Å². The van der Waals surface area contributed by atoms with Crippen molar-refractivity contribution in [3.63, 3.8) is 0 Å². The van der Waals surface area contributed by atoms with Crippen LogP contribution in [0.5, 0.6) is 5.75 Å². The maximum atomic E-state index is 12.2. The Morgan fingerprint density at radius 1 is 1.09 bits per heavy atom. The van der Waals surface area contributed by atoms with Crippen molar-refractivity contribution in [1.29, 1.82) is 0 Å². The van der Waals surface area contributed by atoms with Crippen LogP contribution in [-0.4, -0.2) is 18.6 Å². The van der Waals surface area contributed by atoms with E-state index in [1.165, 1.54) is 0 Å². The molecule has 0 aliphatic rings. The van der Waals surface area contributed by atoms with Crippen LogP contribution in [0.1, 0.15) is 13.8 Å². The second kappa shape index (κ2) is 8.03. The Balaban J connectivity index is 1.91. The van der Waals surface area contributed by atoms with Gasteiger partial charge < -0.3 is 15.4 Å². The molecule has 0 radical (unpaired) electrons. The van der Waals surface area contributed by atoms with Crippen molar-refractivity contribution in [2.45, 2.75) is 19.9 Å². The minimum absolute atomic E-state index is 0.0808. The molecule has 0 unspecified atom stereocenters. The largest absolute Gasteiger partial charge is 0.494 e. The van der Waals surface area contributed by atoms with Crippen molar-refractivity contribution in [3.05, 3.63) is 52.1 Å². The molecule has 0 saturated carbocycles. The van der Waals surface area contributed by atoms with Gasteiger partial charge in [0.1, 0.15) is 11.8 Å². The fourth-order valence-electron chi connectivity index (χ4n) is 1.91. The molecule has 0 aliphatic carbocycles. The van der Waals surface area contributed by atoms with E-state index in [9.17, 15) is 4.79 Å². The zero-order valence-electron chi connectivity index (χ0n) is 12.6. The molecule has 0 aromatic heterocycles. The van der Waals surface area contributed by atoms with E-state index in [1.807, 2.05) is 62.4 Å². The molecule has 4 nitrogen and oxygen atoms in total. The summed E-state index contributed by atoms with van der Waals surface area (Å²) in [6, 6.07) is 14.9. The lowest BCUT2D eigenvalue weighted by Crippen LogP contribution is -2.31. The third kappa shape index (κ3) is 4.91. The Hall–Kier alpha value is -1.76. The zero-order valence-corrected chi connectivity index (χ0v) is 14.8. The number of rotatable bonds is 6. The van der Waals surface area contributed by atoms with E-state index in [1.54, 1.807) is 0 Å². The van der Waals surface area contributed by atoms with Crippen LogP contribution < -0.4 is 15.4 Å². The summed E-state index contributed by atoms with van der Waals surface area (Å²) in [7, 11) is 0. The van der Waals surface area contributed by atoms with Crippen LogP contribution in [0.2, 0.25) is 0 Å². The Bertz CT molecular complexity index is 612. The molecule has 2 rings (SSSR count). The van der Waals surface area contributed by atoms with Crippen LogP contribution in [-0.2, 0) is 4.79 Å². The van der Waals surface area contributed by atoms with Crippen LogP contribution in [0.4, 0.5) is 11.4 Å². The lowest BCUT2D eigenvalue weighted by atomic mass is 10.2. The average Bonchev–Trinajstić information content (AvgIpc) is 2.51. The highest BCUT2D eigenvalue weighted by Crippen LogP contribution is 2.16. The number of ether oxygens (including phenoxy) is 1. The highest BCUT2D eigenvalue weighted by atomic mass is 127. The van der Waals surface area contributed by atoms with Gasteiger partial charge in [-0.15, -0.1) is 0 Å². The van der Waals surface area contributed by atoms with Crippen molar-refractivity contribution >= 4 is 39.9 Å². The molecule has 5 heteroatoms. The van der Waals surface area contributed by atoms with Crippen LogP contribution in [0.25, 0.3) is 0 Å². The zero-order chi connectivity index (χ0) is 15.9. The second-order valence-electron chi connectivity index (χ2n) is 4.82. The van der Waals surface area contributed by atoms with Gasteiger partial charge in [-0.05, 0) is 85.0 Å². The summed E-state index contributed by atoms with van der Waals surface area (Å²) in [6.07, 6.45) is 0. The highest BCUT2D eigenvalue weighted by Gasteiger charge is 2.12. The average molecular weight is 410 g/mol. The quantitative estimate of drug-likeness (QED) is 0.705. The van der Waals surface area contributed by atoms with Crippen molar-refractivity contribution in [3.8, 4) is 5.75 Å². The Morgan fingerprint density at radius 3 is 2.27 bits per heavy atom. The lowest BCUT2D eigenvalue weighted by Gasteiger charge is -2.15. The number of halogens is 1. The molecule has 0 fully saturated rings. The van der Waals surface area contributed by atoms with E-state index in [0.29, 0.717) is 6.61 Å². The van der Waals surface area contributed by atoms with E-state index in [4.69, 9.17) is 4.74 Å². The number of nitrogens with one attached hydrogen (secondary N) is 2. The summed E-state index contributed by atoms with van der Waals surface area (Å²) in [5.74, 6) is 0.716. The normalized spacial score (nSPS) is 11.6. The second-order valence-corrected chi connectivity index (χ2v) is 6.07. The third-order valence-electron chi connectivity index (χ3n) is 3.05. The summed E-state index contributed by atoms with van der Waals surface area (Å²) in [6.45, 7) is 4.40. The molecule has 116 valence electrons. The van der Waals surface area contributed by atoms with Crippen LogP contribution >= 0.6 is 22.6 Å². The first-order valence-corrected chi connectivity index (χ1v) is 8.22. The summed E-state index contributed by atoms with van der Waals surface area (Å²) < 4.78 is 6.54. The van der Waals surface area contributed by atoms with Crippen LogP contribution in [0.3, 0.4) is 0 Å². The summed E-state index contributed by atoms with van der Waals surface area (Å²) in [5, 5.41) is 6.06. The summed E-state index contributed by atoms with van der Waals surface area (Å²) >= 11 is 2.25. The molecule has 1 amide bonds. The molecular weight excluding hydrogens is 391 g/mol. The first-order chi connectivity index (χ1) is 10.6. The Kier molecular flexibility index (Phi) is 6.06. The fraction of sp³-hybridized carbons (Fsp3) is 0.235. The molecule has 0 spiro atoms. The maximum Gasteiger partial charge on any atom is 0.246 e. The number of hydrogen-bond donors (Lipinski definition) is 2. The summed E-state index contributed by atoms with van der Waals surface area (Å²) in [4.78, 5) is 12.2. The third-order valence-corrected chi connectivity index (χ3v) is 3.77. The van der Waals surface area contributed by atoms with Crippen molar-refractivity contribution in [2.24, 2.45) is 0 Å². The standard InChI is InChI=1S/C17H19IN2O2/c1-3-22-16-10-8-15(9-11-16)20-17(21)12(2)19-14-6-4-13(18)5-7-14/h4-12,19H,3H2,1-2H3,(H,20,21)/t12-/m1/s1. The Morgan fingerprint density at radius 2 is 1.68 bits per heavy atom. The number of carbonyl (C=O) groups excluding carboxylic acids is 1. The molecule has 0 bridgehead atoms. The number of benzene rings is 2. The van der Waals surface area contributed by atoms with E-state index in [-0.39, 0.29) is 11.9 Å². The van der Waals surface area contributed by atoms with Gasteiger partial charge in [0.05, 0.1) is 6.61 Å². The van der Waals surface area contributed by atoms with Crippen LogP contribution in [0, 0.1) is 3.57 Å². The predicted molar refractivity (Wildman–Crippen MR) is 98.5 cm³/mol. The molecule has 0 heterocycles. The Labute approximate surface area is 144 Å². The minimum Gasteiger partial charge on any atom is -0.494 e. The van der Waals surface area contributed by atoms with Crippen molar-refractivity contribution in [1.82, 2.24) is 0 Å². The van der Waals surface area contributed by atoms with Gasteiger partial charge in [0.2, 0.25) is 5.91 Å². The van der Waals surface area contributed by atoms with Gasteiger partial charge >= 0.3 is 0 Å². The van der Waals surface area contributed by atoms with Gasteiger partial charge in [-0.25, -0.2) is 0 Å². The predicted octanol–water partition coefficient (Wildman–Crippen LogP) is 4.13. The van der Waals surface area contributed by atoms with Gasteiger partial charge in [0.25, 0.3) is 0 Å². The van der Waals surface area contributed by atoms with Gasteiger partial charge in [-0.2, -0.15) is 0 Å². The molecule has 1 atom stereocenters. The number of hydrogen-bond acceptors (Lipinski definition) is 3. The first kappa shape index (κ1) is 16.6.